The molecule has 0 bridgehead atoms. The van der Waals surface area contributed by atoms with Gasteiger partial charge in [-0.3, -0.25) is 4.68 Å². The summed E-state index contributed by atoms with van der Waals surface area (Å²) in [7, 11) is 1.88. The molecule has 0 saturated heterocycles. The summed E-state index contributed by atoms with van der Waals surface area (Å²) >= 11 is 8.03. The summed E-state index contributed by atoms with van der Waals surface area (Å²) in [5.41, 5.74) is 4.96. The lowest BCUT2D eigenvalue weighted by Crippen LogP contribution is -2.00. The summed E-state index contributed by atoms with van der Waals surface area (Å²) in [4.78, 5) is 13.5. The zero-order valence-corrected chi connectivity index (χ0v) is 18.9. The third-order valence-corrected chi connectivity index (χ3v) is 6.63. The summed E-state index contributed by atoms with van der Waals surface area (Å²) < 4.78 is 7.37. The smallest absolute Gasteiger partial charge is 0.336 e. The number of fused-ring (bicyclic) bond motifs is 1. The number of halogens is 1. The van der Waals surface area contributed by atoms with Crippen LogP contribution in [0.4, 0.5) is 0 Å². The molecule has 0 spiro atoms. The molecule has 5 aromatic rings. The molecule has 0 unspecified atom stereocenters. The number of thioether (sulfide) groups is 1. The van der Waals surface area contributed by atoms with Crippen molar-refractivity contribution >= 4 is 34.3 Å². The van der Waals surface area contributed by atoms with Crippen LogP contribution in [0.2, 0.25) is 5.02 Å². The maximum absolute atomic E-state index is 12.5. The van der Waals surface area contributed by atoms with E-state index in [0.717, 1.165) is 38.4 Å². The standard InChI is InChI=1S/C26H19ClN2O2S/c1-29-24(11-12-28-29)23-13-18(27)7-9-20(23)22-15-26(30)31-25-14-19(8-10-21(22)25)32-16-17-5-3-2-4-6-17/h2-15H,16H2,1H3. The van der Waals surface area contributed by atoms with Gasteiger partial charge in [-0.1, -0.05) is 48.0 Å². The molecule has 6 heteroatoms. The Morgan fingerprint density at radius 2 is 1.78 bits per heavy atom. The third-order valence-electron chi connectivity index (χ3n) is 5.33. The fourth-order valence-corrected chi connectivity index (χ4v) is 4.85. The van der Waals surface area contributed by atoms with Gasteiger partial charge in [-0.2, -0.15) is 5.10 Å². The number of benzene rings is 3. The first kappa shape index (κ1) is 20.6. The fraction of sp³-hybridized carbons (Fsp3) is 0.0769. The minimum absolute atomic E-state index is 0.386. The Hall–Kier alpha value is -3.28. The number of hydrogen-bond donors (Lipinski definition) is 0. The molecule has 0 amide bonds. The Kier molecular flexibility index (Phi) is 5.60. The molecule has 4 nitrogen and oxygen atoms in total. The first-order valence-corrected chi connectivity index (χ1v) is 11.5. The minimum Gasteiger partial charge on any atom is -0.423 e. The Balaban J connectivity index is 1.60. The highest BCUT2D eigenvalue weighted by Gasteiger charge is 2.16. The van der Waals surface area contributed by atoms with Crippen LogP contribution in [0.1, 0.15) is 5.56 Å². The highest BCUT2D eigenvalue weighted by molar-refractivity contribution is 7.98. The summed E-state index contributed by atoms with van der Waals surface area (Å²) in [6.45, 7) is 0. The normalized spacial score (nSPS) is 11.2. The molecule has 5 rings (SSSR count). The second-order valence-electron chi connectivity index (χ2n) is 7.44. The van der Waals surface area contributed by atoms with Gasteiger partial charge in [-0.05, 0) is 47.5 Å². The summed E-state index contributed by atoms with van der Waals surface area (Å²) in [5.74, 6) is 0.845. The molecule has 0 radical (unpaired) electrons. The quantitative estimate of drug-likeness (QED) is 0.214. The van der Waals surface area contributed by atoms with Gasteiger partial charge >= 0.3 is 5.63 Å². The Labute approximate surface area is 194 Å². The van der Waals surface area contributed by atoms with Gasteiger partial charge in [-0.25, -0.2) is 4.79 Å². The van der Waals surface area contributed by atoms with Gasteiger partial charge in [-0.15, -0.1) is 11.8 Å². The molecule has 158 valence electrons. The van der Waals surface area contributed by atoms with Gasteiger partial charge in [0.05, 0.1) is 5.69 Å². The van der Waals surface area contributed by atoms with E-state index in [-0.39, 0.29) is 5.63 Å². The number of nitrogens with zero attached hydrogens (tertiary/aromatic N) is 2. The van der Waals surface area contributed by atoms with Crippen molar-refractivity contribution < 1.29 is 4.42 Å². The van der Waals surface area contributed by atoms with Gasteiger partial charge in [0, 0.05) is 51.5 Å². The van der Waals surface area contributed by atoms with Crippen molar-refractivity contribution in [1.29, 1.82) is 0 Å². The van der Waals surface area contributed by atoms with Crippen molar-refractivity contribution in [3.63, 3.8) is 0 Å². The first-order valence-electron chi connectivity index (χ1n) is 10.1. The molecule has 0 aliphatic carbocycles. The molecule has 0 aliphatic rings. The number of aromatic nitrogens is 2. The maximum atomic E-state index is 12.5. The second kappa shape index (κ2) is 8.69. The van der Waals surface area contributed by atoms with Crippen molar-refractivity contribution in [3.05, 3.63) is 106 Å². The molecule has 0 aliphatic heterocycles. The zero-order chi connectivity index (χ0) is 22.1. The molecular weight excluding hydrogens is 440 g/mol. The predicted octanol–water partition coefficient (Wildman–Crippen LogP) is 6.81. The van der Waals surface area contributed by atoms with Crippen LogP contribution in [0.5, 0.6) is 0 Å². The van der Waals surface area contributed by atoms with E-state index in [9.17, 15) is 4.79 Å². The summed E-state index contributed by atoms with van der Waals surface area (Å²) in [6.07, 6.45) is 1.74. The van der Waals surface area contributed by atoms with Crippen molar-refractivity contribution in [2.75, 3.05) is 0 Å². The number of aryl methyl sites for hydroxylation is 1. The van der Waals surface area contributed by atoms with Crippen LogP contribution in [-0.2, 0) is 12.8 Å². The molecule has 2 heterocycles. The molecule has 0 N–H and O–H groups in total. The summed E-state index contributed by atoms with van der Waals surface area (Å²) in [5, 5.41) is 5.78. The molecule has 2 aromatic heterocycles. The van der Waals surface area contributed by atoms with E-state index in [1.165, 1.54) is 5.56 Å². The lowest BCUT2D eigenvalue weighted by atomic mass is 9.95. The van der Waals surface area contributed by atoms with E-state index in [4.69, 9.17) is 16.0 Å². The van der Waals surface area contributed by atoms with Gasteiger partial charge in [0.2, 0.25) is 0 Å². The van der Waals surface area contributed by atoms with Crippen LogP contribution in [0.3, 0.4) is 0 Å². The topological polar surface area (TPSA) is 48.0 Å². The first-order chi connectivity index (χ1) is 15.6. The largest absolute Gasteiger partial charge is 0.423 e. The van der Waals surface area contributed by atoms with E-state index in [1.807, 2.05) is 61.6 Å². The van der Waals surface area contributed by atoms with Crippen LogP contribution in [0, 0.1) is 0 Å². The molecule has 32 heavy (non-hydrogen) atoms. The van der Waals surface area contributed by atoms with Crippen molar-refractivity contribution in [3.8, 4) is 22.4 Å². The second-order valence-corrected chi connectivity index (χ2v) is 8.93. The monoisotopic (exact) mass is 458 g/mol. The van der Waals surface area contributed by atoms with Crippen molar-refractivity contribution in [1.82, 2.24) is 9.78 Å². The van der Waals surface area contributed by atoms with Gasteiger partial charge in [0.15, 0.2) is 0 Å². The van der Waals surface area contributed by atoms with Crippen LogP contribution < -0.4 is 5.63 Å². The molecule has 3 aromatic carbocycles. The van der Waals surface area contributed by atoms with E-state index in [2.05, 4.69) is 23.3 Å². The Bertz CT molecular complexity index is 1470. The highest BCUT2D eigenvalue weighted by atomic mass is 35.5. The van der Waals surface area contributed by atoms with Gasteiger partial charge < -0.3 is 4.42 Å². The fourth-order valence-electron chi connectivity index (χ4n) is 3.80. The number of hydrogen-bond acceptors (Lipinski definition) is 4. The Morgan fingerprint density at radius 1 is 0.938 bits per heavy atom. The third kappa shape index (κ3) is 4.09. The molecule has 0 atom stereocenters. The molecular formula is C26H19ClN2O2S. The minimum atomic E-state index is -0.386. The summed E-state index contributed by atoms with van der Waals surface area (Å²) in [6, 6.07) is 25.5. The molecule has 0 fully saturated rings. The number of rotatable bonds is 5. The van der Waals surface area contributed by atoms with E-state index in [1.54, 1.807) is 28.7 Å². The van der Waals surface area contributed by atoms with Crippen LogP contribution in [0.15, 0.2) is 99.2 Å². The van der Waals surface area contributed by atoms with E-state index in [0.29, 0.717) is 10.6 Å². The molecule has 0 saturated carbocycles. The van der Waals surface area contributed by atoms with E-state index >= 15 is 0 Å². The van der Waals surface area contributed by atoms with Gasteiger partial charge in [0.25, 0.3) is 0 Å². The zero-order valence-electron chi connectivity index (χ0n) is 17.3. The highest BCUT2D eigenvalue weighted by Crippen LogP contribution is 2.38. The van der Waals surface area contributed by atoms with Crippen molar-refractivity contribution in [2.45, 2.75) is 10.6 Å². The Morgan fingerprint density at radius 3 is 2.56 bits per heavy atom. The lowest BCUT2D eigenvalue weighted by molar-refractivity contribution is 0.561. The van der Waals surface area contributed by atoms with Crippen LogP contribution in [0.25, 0.3) is 33.4 Å². The average molecular weight is 459 g/mol. The lowest BCUT2D eigenvalue weighted by Gasteiger charge is -2.13. The van der Waals surface area contributed by atoms with Gasteiger partial charge in [0.1, 0.15) is 5.58 Å². The maximum Gasteiger partial charge on any atom is 0.336 e. The average Bonchev–Trinajstić information content (AvgIpc) is 3.23. The van der Waals surface area contributed by atoms with E-state index < -0.39 is 0 Å². The van der Waals surface area contributed by atoms with Crippen molar-refractivity contribution in [2.24, 2.45) is 7.05 Å². The van der Waals surface area contributed by atoms with Crippen LogP contribution in [-0.4, -0.2) is 9.78 Å². The predicted molar refractivity (Wildman–Crippen MR) is 131 cm³/mol. The van der Waals surface area contributed by atoms with Crippen LogP contribution >= 0.6 is 23.4 Å². The SMILES string of the molecule is Cn1nccc1-c1cc(Cl)ccc1-c1cc(=O)oc2cc(SCc3ccccc3)ccc12.